The highest BCUT2D eigenvalue weighted by atomic mass is 35.5. The van der Waals surface area contributed by atoms with Gasteiger partial charge in [0.25, 0.3) is 0 Å². The van der Waals surface area contributed by atoms with E-state index < -0.39 is 0 Å². The summed E-state index contributed by atoms with van der Waals surface area (Å²) >= 11 is 6.24. The van der Waals surface area contributed by atoms with Gasteiger partial charge in [0, 0.05) is 22.7 Å². The van der Waals surface area contributed by atoms with Crippen LogP contribution in [0.3, 0.4) is 0 Å². The van der Waals surface area contributed by atoms with E-state index in [0.717, 1.165) is 39.8 Å². The molecule has 0 spiro atoms. The Kier molecular flexibility index (Phi) is 4.61. The normalized spacial score (nSPS) is 10.9. The molecule has 0 radical (unpaired) electrons. The molecule has 0 fully saturated rings. The van der Waals surface area contributed by atoms with Crippen molar-refractivity contribution in [3.05, 3.63) is 40.7 Å². The van der Waals surface area contributed by atoms with E-state index in [1.165, 1.54) is 0 Å². The molecule has 0 saturated heterocycles. The average Bonchev–Trinajstić information content (AvgIpc) is 2.42. The number of hydrogen-bond donors (Lipinski definition) is 1. The van der Waals surface area contributed by atoms with Crippen LogP contribution in [0.4, 0.5) is 5.82 Å². The third-order valence-electron chi connectivity index (χ3n) is 3.25. The molecule has 1 aromatic carbocycles. The van der Waals surface area contributed by atoms with Gasteiger partial charge in [0.15, 0.2) is 0 Å². The molecule has 0 saturated carbocycles. The molecule has 0 unspecified atom stereocenters. The van der Waals surface area contributed by atoms with Crippen molar-refractivity contribution in [2.75, 3.05) is 11.9 Å². The molecule has 0 atom stereocenters. The summed E-state index contributed by atoms with van der Waals surface area (Å²) in [7, 11) is 0. The molecule has 2 aromatic rings. The molecule has 2 rings (SSSR count). The van der Waals surface area contributed by atoms with E-state index in [0.29, 0.717) is 5.92 Å². The van der Waals surface area contributed by atoms with Crippen LogP contribution in [-0.4, -0.2) is 16.5 Å². The van der Waals surface area contributed by atoms with Crippen molar-refractivity contribution in [1.29, 1.82) is 0 Å². The summed E-state index contributed by atoms with van der Waals surface area (Å²) in [6.45, 7) is 9.20. The molecule has 1 heterocycles. The highest BCUT2D eigenvalue weighted by molar-refractivity contribution is 6.31. The van der Waals surface area contributed by atoms with Gasteiger partial charge < -0.3 is 5.32 Å². The zero-order valence-corrected chi connectivity index (χ0v) is 13.1. The Morgan fingerprint density at radius 1 is 1.25 bits per heavy atom. The number of hydrogen-bond acceptors (Lipinski definition) is 3. The van der Waals surface area contributed by atoms with E-state index >= 15 is 0 Å². The van der Waals surface area contributed by atoms with Crippen LogP contribution in [0.25, 0.3) is 11.3 Å². The van der Waals surface area contributed by atoms with Crippen LogP contribution in [0, 0.1) is 6.92 Å². The molecule has 106 valence electrons. The molecule has 20 heavy (non-hydrogen) atoms. The maximum absolute atomic E-state index is 6.24. The molecular formula is C16H20ClN3. The van der Waals surface area contributed by atoms with Gasteiger partial charge in [0.2, 0.25) is 0 Å². The third kappa shape index (κ3) is 2.93. The zero-order valence-electron chi connectivity index (χ0n) is 12.4. The fourth-order valence-electron chi connectivity index (χ4n) is 2.22. The number of anilines is 1. The number of benzene rings is 1. The van der Waals surface area contributed by atoms with Gasteiger partial charge in [-0.25, -0.2) is 9.97 Å². The molecule has 0 bridgehead atoms. The molecule has 3 nitrogen and oxygen atoms in total. The van der Waals surface area contributed by atoms with E-state index in [-0.39, 0.29) is 0 Å². The fourth-order valence-corrected chi connectivity index (χ4v) is 2.40. The molecule has 0 aliphatic heterocycles. The summed E-state index contributed by atoms with van der Waals surface area (Å²) in [5.74, 6) is 1.24. The minimum absolute atomic E-state index is 0.334. The quantitative estimate of drug-likeness (QED) is 0.889. The van der Waals surface area contributed by atoms with Crippen LogP contribution in [0.5, 0.6) is 0 Å². The Balaban J connectivity index is 2.60. The van der Waals surface area contributed by atoms with Crippen LogP contribution in [0.2, 0.25) is 5.02 Å². The van der Waals surface area contributed by atoms with Crippen LogP contribution < -0.4 is 5.32 Å². The molecule has 0 aliphatic carbocycles. The topological polar surface area (TPSA) is 37.8 Å². The monoisotopic (exact) mass is 289 g/mol. The maximum atomic E-state index is 6.24. The lowest BCUT2D eigenvalue weighted by Crippen LogP contribution is -2.07. The standard InChI is InChI=1S/C16H20ClN3/c1-5-18-16-14(10(2)3)15(19-9-20-16)12-7-6-11(4)13(17)8-12/h6-10H,5H2,1-4H3,(H,18,19,20). The van der Waals surface area contributed by atoms with E-state index in [1.54, 1.807) is 6.33 Å². The van der Waals surface area contributed by atoms with E-state index in [9.17, 15) is 0 Å². The highest BCUT2D eigenvalue weighted by Gasteiger charge is 2.16. The number of halogens is 1. The van der Waals surface area contributed by atoms with Gasteiger partial charge in [0.1, 0.15) is 12.1 Å². The second-order valence-electron chi connectivity index (χ2n) is 5.13. The van der Waals surface area contributed by atoms with Gasteiger partial charge in [-0.3, -0.25) is 0 Å². The van der Waals surface area contributed by atoms with Crippen molar-refractivity contribution in [3.8, 4) is 11.3 Å². The Hall–Kier alpha value is -1.61. The second-order valence-corrected chi connectivity index (χ2v) is 5.54. The summed E-state index contributed by atoms with van der Waals surface area (Å²) in [5, 5.41) is 4.07. The van der Waals surface area contributed by atoms with E-state index in [2.05, 4.69) is 42.1 Å². The predicted octanol–water partition coefficient (Wildman–Crippen LogP) is 4.66. The van der Waals surface area contributed by atoms with Gasteiger partial charge in [-0.2, -0.15) is 0 Å². The molecule has 0 aliphatic rings. The average molecular weight is 290 g/mol. The van der Waals surface area contributed by atoms with Gasteiger partial charge in [-0.1, -0.05) is 37.6 Å². The maximum Gasteiger partial charge on any atom is 0.133 e. The molecule has 1 aromatic heterocycles. The largest absolute Gasteiger partial charge is 0.370 e. The van der Waals surface area contributed by atoms with Gasteiger partial charge in [0.05, 0.1) is 5.69 Å². The molecule has 4 heteroatoms. The Bertz CT molecular complexity index is 609. The van der Waals surface area contributed by atoms with Gasteiger partial charge in [-0.05, 0) is 31.4 Å². The highest BCUT2D eigenvalue weighted by Crippen LogP contribution is 2.33. The first-order chi connectivity index (χ1) is 9.54. The summed E-state index contributed by atoms with van der Waals surface area (Å²) in [5.41, 5.74) is 4.19. The van der Waals surface area contributed by atoms with Gasteiger partial charge in [-0.15, -0.1) is 0 Å². The van der Waals surface area contributed by atoms with Crippen molar-refractivity contribution in [1.82, 2.24) is 9.97 Å². The van der Waals surface area contributed by atoms with Crippen molar-refractivity contribution in [2.45, 2.75) is 33.6 Å². The Morgan fingerprint density at radius 3 is 2.60 bits per heavy atom. The summed E-state index contributed by atoms with van der Waals surface area (Å²) < 4.78 is 0. The third-order valence-corrected chi connectivity index (χ3v) is 3.66. The zero-order chi connectivity index (χ0) is 14.7. The summed E-state index contributed by atoms with van der Waals surface area (Å²) in [4.78, 5) is 8.83. The Labute approximate surface area is 125 Å². The molecule has 0 amide bonds. The Morgan fingerprint density at radius 2 is 2.00 bits per heavy atom. The van der Waals surface area contributed by atoms with Crippen molar-refractivity contribution < 1.29 is 0 Å². The first kappa shape index (κ1) is 14.8. The first-order valence-corrected chi connectivity index (χ1v) is 7.27. The minimum Gasteiger partial charge on any atom is -0.370 e. The lowest BCUT2D eigenvalue weighted by molar-refractivity contribution is 0.849. The molecular weight excluding hydrogens is 270 g/mol. The minimum atomic E-state index is 0.334. The van der Waals surface area contributed by atoms with E-state index in [4.69, 9.17) is 11.6 Å². The summed E-state index contributed by atoms with van der Waals surface area (Å²) in [6, 6.07) is 6.06. The van der Waals surface area contributed by atoms with Crippen LogP contribution in [-0.2, 0) is 0 Å². The number of aromatic nitrogens is 2. The second kappa shape index (κ2) is 6.23. The lowest BCUT2D eigenvalue weighted by atomic mass is 9.97. The van der Waals surface area contributed by atoms with E-state index in [1.807, 2.05) is 19.1 Å². The van der Waals surface area contributed by atoms with Crippen molar-refractivity contribution in [2.24, 2.45) is 0 Å². The molecule has 1 N–H and O–H groups in total. The predicted molar refractivity (Wildman–Crippen MR) is 85.5 cm³/mol. The number of nitrogens with zero attached hydrogens (tertiary/aromatic N) is 2. The number of aryl methyl sites for hydroxylation is 1. The number of rotatable bonds is 4. The van der Waals surface area contributed by atoms with Crippen LogP contribution >= 0.6 is 11.6 Å². The lowest BCUT2D eigenvalue weighted by Gasteiger charge is -2.17. The van der Waals surface area contributed by atoms with Crippen LogP contribution in [0.1, 0.15) is 37.8 Å². The first-order valence-electron chi connectivity index (χ1n) is 6.89. The van der Waals surface area contributed by atoms with Crippen molar-refractivity contribution in [3.63, 3.8) is 0 Å². The van der Waals surface area contributed by atoms with Crippen molar-refractivity contribution >= 4 is 17.4 Å². The van der Waals surface area contributed by atoms with Gasteiger partial charge >= 0.3 is 0 Å². The number of nitrogens with one attached hydrogen (secondary N) is 1. The van der Waals surface area contributed by atoms with Crippen LogP contribution in [0.15, 0.2) is 24.5 Å². The summed E-state index contributed by atoms with van der Waals surface area (Å²) in [6.07, 6.45) is 1.60. The SMILES string of the molecule is CCNc1ncnc(-c2ccc(C)c(Cl)c2)c1C(C)C. The smallest absolute Gasteiger partial charge is 0.133 e. The fraction of sp³-hybridized carbons (Fsp3) is 0.375.